The normalized spacial score (nSPS) is 14.0. The van der Waals surface area contributed by atoms with Gasteiger partial charge in [-0.3, -0.25) is 0 Å². The first kappa shape index (κ1) is 20.1. The van der Waals surface area contributed by atoms with E-state index < -0.39 is 0 Å². The smallest absolute Gasteiger partial charge is 0.192 e. The van der Waals surface area contributed by atoms with Gasteiger partial charge in [0.1, 0.15) is 17.4 Å². The molecule has 2 N–H and O–H groups in total. The maximum atomic E-state index is 4.66. The second-order valence-electron chi connectivity index (χ2n) is 5.94. The number of thiazole rings is 1. The number of fused-ring (bicyclic) bond motifs is 1. The zero-order valence-corrected chi connectivity index (χ0v) is 18.1. The van der Waals surface area contributed by atoms with Gasteiger partial charge in [0.25, 0.3) is 0 Å². The van der Waals surface area contributed by atoms with Gasteiger partial charge in [-0.1, -0.05) is 0 Å². The highest BCUT2D eigenvalue weighted by Gasteiger charge is 2.15. The van der Waals surface area contributed by atoms with Crippen LogP contribution in [0.15, 0.2) is 4.99 Å². The van der Waals surface area contributed by atoms with Crippen molar-refractivity contribution in [1.29, 1.82) is 0 Å². The van der Waals surface area contributed by atoms with Crippen molar-refractivity contribution in [1.82, 2.24) is 30.4 Å². The maximum Gasteiger partial charge on any atom is 0.192 e. The van der Waals surface area contributed by atoms with E-state index in [1.54, 1.807) is 11.3 Å². The minimum absolute atomic E-state index is 0. The number of hydrogen-bond donors (Lipinski definition) is 2. The summed E-state index contributed by atoms with van der Waals surface area (Å²) in [5.74, 6) is 2.83. The minimum atomic E-state index is 0. The van der Waals surface area contributed by atoms with Crippen LogP contribution in [0.25, 0.3) is 0 Å². The Hall–Kier alpha value is -1.23. The van der Waals surface area contributed by atoms with Crippen molar-refractivity contribution in [3.63, 3.8) is 0 Å². The van der Waals surface area contributed by atoms with Crippen LogP contribution in [0, 0.1) is 13.8 Å². The van der Waals surface area contributed by atoms with Gasteiger partial charge >= 0.3 is 0 Å². The average Bonchev–Trinajstić information content (AvgIpc) is 3.14. The number of hydrogen-bond acceptors (Lipinski definition) is 5. The number of nitrogens with one attached hydrogen (secondary N) is 2. The first-order valence-corrected chi connectivity index (χ1v) is 9.35. The molecule has 0 radical (unpaired) electrons. The van der Waals surface area contributed by atoms with E-state index in [9.17, 15) is 0 Å². The van der Waals surface area contributed by atoms with Crippen molar-refractivity contribution >= 4 is 41.3 Å². The summed E-state index contributed by atoms with van der Waals surface area (Å²) in [7, 11) is 0. The fourth-order valence-electron chi connectivity index (χ4n) is 2.75. The summed E-state index contributed by atoms with van der Waals surface area (Å²) >= 11 is 1.73. The molecular formula is C16H26IN7S. The molecule has 0 saturated heterocycles. The largest absolute Gasteiger partial charge is 0.357 e. The lowest BCUT2D eigenvalue weighted by Crippen LogP contribution is -2.36. The summed E-state index contributed by atoms with van der Waals surface area (Å²) in [5.41, 5.74) is 1.11. The van der Waals surface area contributed by atoms with Gasteiger partial charge < -0.3 is 15.2 Å². The molecule has 0 spiro atoms. The molecule has 0 saturated carbocycles. The molecule has 1 aliphatic rings. The van der Waals surface area contributed by atoms with Crippen LogP contribution in [0.3, 0.4) is 0 Å². The van der Waals surface area contributed by atoms with E-state index in [2.05, 4.69) is 49.2 Å². The van der Waals surface area contributed by atoms with E-state index >= 15 is 0 Å². The Bertz CT molecular complexity index is 703. The Morgan fingerprint density at radius 2 is 2.08 bits per heavy atom. The van der Waals surface area contributed by atoms with Gasteiger partial charge in [-0.25, -0.2) is 9.98 Å². The van der Waals surface area contributed by atoms with Gasteiger partial charge in [0, 0.05) is 24.4 Å². The Labute approximate surface area is 169 Å². The van der Waals surface area contributed by atoms with Crippen LogP contribution in [0.2, 0.25) is 0 Å². The Balaban J connectivity index is 0.00000225. The number of aryl methyl sites for hydroxylation is 3. The SMILES string of the molecule is CCNC(=NCc1nnc2n1CCCC2)NCc1nc(C)c(C)s1.I. The van der Waals surface area contributed by atoms with Crippen molar-refractivity contribution < 1.29 is 0 Å². The summed E-state index contributed by atoms with van der Waals surface area (Å²) in [5, 5.41) is 16.3. The number of nitrogens with zero attached hydrogens (tertiary/aromatic N) is 5. The molecule has 0 atom stereocenters. The van der Waals surface area contributed by atoms with E-state index in [1.807, 2.05) is 6.92 Å². The zero-order valence-electron chi connectivity index (χ0n) is 15.0. The summed E-state index contributed by atoms with van der Waals surface area (Å²) in [6, 6.07) is 0. The third kappa shape index (κ3) is 5.13. The van der Waals surface area contributed by atoms with E-state index in [1.165, 1.54) is 17.7 Å². The monoisotopic (exact) mass is 475 g/mol. The number of guanidine groups is 1. The molecule has 2 aromatic rings. The molecule has 0 fully saturated rings. The maximum absolute atomic E-state index is 4.66. The molecule has 0 unspecified atom stereocenters. The fourth-order valence-corrected chi connectivity index (χ4v) is 3.62. The standard InChI is InChI=1S/C16H25N7S.HI/c1-4-17-16(19-10-15-20-11(2)12(3)24-15)18-9-14-22-21-13-7-5-6-8-23(13)14;/h4-10H2,1-3H3,(H2,17,18,19);1H. The molecule has 9 heteroatoms. The second kappa shape index (κ2) is 9.46. The quantitative estimate of drug-likeness (QED) is 0.395. The van der Waals surface area contributed by atoms with E-state index in [0.29, 0.717) is 13.1 Å². The first-order chi connectivity index (χ1) is 11.7. The molecule has 138 valence electrons. The zero-order chi connectivity index (χ0) is 16.9. The number of aliphatic imine (C=N–C) groups is 1. The highest BCUT2D eigenvalue weighted by Crippen LogP contribution is 2.16. The Kier molecular flexibility index (Phi) is 7.60. The average molecular weight is 475 g/mol. The molecule has 1 aliphatic heterocycles. The van der Waals surface area contributed by atoms with Gasteiger partial charge in [-0.15, -0.1) is 45.5 Å². The van der Waals surface area contributed by atoms with E-state index in [4.69, 9.17) is 0 Å². The summed E-state index contributed by atoms with van der Waals surface area (Å²) < 4.78 is 2.21. The van der Waals surface area contributed by atoms with Gasteiger partial charge in [0.15, 0.2) is 11.8 Å². The topological polar surface area (TPSA) is 80.0 Å². The lowest BCUT2D eigenvalue weighted by molar-refractivity contribution is 0.508. The highest BCUT2D eigenvalue weighted by molar-refractivity contribution is 14.0. The van der Waals surface area contributed by atoms with Crippen LogP contribution in [0.5, 0.6) is 0 Å². The van der Waals surface area contributed by atoms with Crippen molar-refractivity contribution in [2.75, 3.05) is 6.54 Å². The third-order valence-electron chi connectivity index (χ3n) is 4.14. The van der Waals surface area contributed by atoms with Crippen LogP contribution in [-0.2, 0) is 26.1 Å². The minimum Gasteiger partial charge on any atom is -0.357 e. The lowest BCUT2D eigenvalue weighted by atomic mass is 10.2. The summed E-state index contributed by atoms with van der Waals surface area (Å²) in [6.07, 6.45) is 3.43. The molecule has 3 heterocycles. The van der Waals surface area contributed by atoms with Gasteiger partial charge in [-0.05, 0) is 33.6 Å². The molecule has 0 bridgehead atoms. The molecular weight excluding hydrogens is 449 g/mol. The second-order valence-corrected chi connectivity index (χ2v) is 7.23. The number of rotatable bonds is 5. The summed E-state index contributed by atoms with van der Waals surface area (Å²) in [4.78, 5) is 10.5. The molecule has 0 amide bonds. The van der Waals surface area contributed by atoms with Crippen LogP contribution in [0.1, 0.15) is 47.0 Å². The van der Waals surface area contributed by atoms with Gasteiger partial charge in [0.05, 0.1) is 12.2 Å². The van der Waals surface area contributed by atoms with Crippen LogP contribution < -0.4 is 10.6 Å². The Morgan fingerprint density at radius 1 is 1.24 bits per heavy atom. The molecule has 3 rings (SSSR count). The predicted octanol–water partition coefficient (Wildman–Crippen LogP) is 2.56. The van der Waals surface area contributed by atoms with Gasteiger partial charge in [0.2, 0.25) is 0 Å². The molecule has 25 heavy (non-hydrogen) atoms. The first-order valence-electron chi connectivity index (χ1n) is 8.53. The highest BCUT2D eigenvalue weighted by atomic mass is 127. The Morgan fingerprint density at radius 3 is 2.80 bits per heavy atom. The van der Waals surface area contributed by atoms with E-state index in [0.717, 1.165) is 47.8 Å². The third-order valence-corrected chi connectivity index (χ3v) is 5.21. The molecule has 0 aromatic carbocycles. The number of halogens is 1. The van der Waals surface area contributed by atoms with Crippen LogP contribution in [-0.4, -0.2) is 32.3 Å². The summed E-state index contributed by atoms with van der Waals surface area (Å²) in [6.45, 7) is 9.26. The van der Waals surface area contributed by atoms with E-state index in [-0.39, 0.29) is 24.0 Å². The molecule has 0 aliphatic carbocycles. The molecule has 7 nitrogen and oxygen atoms in total. The van der Waals surface area contributed by atoms with Crippen molar-refractivity contribution in [2.24, 2.45) is 4.99 Å². The predicted molar refractivity (Wildman–Crippen MR) is 112 cm³/mol. The van der Waals surface area contributed by atoms with Crippen molar-refractivity contribution in [2.45, 2.75) is 59.7 Å². The van der Waals surface area contributed by atoms with Crippen LogP contribution in [0.4, 0.5) is 0 Å². The van der Waals surface area contributed by atoms with Gasteiger partial charge in [-0.2, -0.15) is 0 Å². The van der Waals surface area contributed by atoms with Crippen molar-refractivity contribution in [3.8, 4) is 0 Å². The van der Waals surface area contributed by atoms with Crippen LogP contribution >= 0.6 is 35.3 Å². The number of aromatic nitrogens is 4. The lowest BCUT2D eigenvalue weighted by Gasteiger charge is -2.14. The van der Waals surface area contributed by atoms with Crippen molar-refractivity contribution in [3.05, 3.63) is 27.2 Å². The fraction of sp³-hybridized carbons (Fsp3) is 0.625. The molecule has 2 aromatic heterocycles.